The smallest absolute Gasteiger partial charge is 0.150 e. The molecule has 4 heteroatoms. The number of rotatable bonds is 3. The van der Waals surface area contributed by atoms with Gasteiger partial charge in [-0.25, -0.2) is 0 Å². The molecule has 0 radical (unpaired) electrons. The van der Waals surface area contributed by atoms with Crippen molar-refractivity contribution >= 4 is 0 Å². The summed E-state index contributed by atoms with van der Waals surface area (Å²) >= 11 is 0. The number of benzene rings is 1. The molecule has 0 saturated carbocycles. The normalized spacial score (nSPS) is 25.2. The average Bonchev–Trinajstić information content (AvgIpc) is 2.65. The van der Waals surface area contributed by atoms with Gasteiger partial charge in [0.15, 0.2) is 0 Å². The summed E-state index contributed by atoms with van der Waals surface area (Å²) < 4.78 is 15.7. The Bertz CT molecular complexity index is 326. The summed E-state index contributed by atoms with van der Waals surface area (Å²) in [4.78, 5) is 0. The summed E-state index contributed by atoms with van der Waals surface area (Å²) in [6.07, 6.45) is -0.826. The fourth-order valence-corrected chi connectivity index (χ4v) is 1.49. The molecule has 1 fully saturated rings. The summed E-state index contributed by atoms with van der Waals surface area (Å²) in [5.74, 6) is 1.42. The van der Waals surface area contributed by atoms with E-state index in [4.69, 9.17) is 14.2 Å². The zero-order valence-corrected chi connectivity index (χ0v) is 8.55. The number of aliphatic hydroxyl groups is 1. The first kappa shape index (κ1) is 10.3. The van der Waals surface area contributed by atoms with Gasteiger partial charge in [0, 0.05) is 6.07 Å². The second kappa shape index (κ2) is 4.51. The predicted octanol–water partition coefficient (Wildman–Crippen LogP) is 0.834. The third kappa shape index (κ3) is 2.40. The van der Waals surface area contributed by atoms with Gasteiger partial charge in [-0.05, 0) is 12.1 Å². The van der Waals surface area contributed by atoms with Gasteiger partial charge in [0.25, 0.3) is 0 Å². The summed E-state index contributed by atoms with van der Waals surface area (Å²) in [5, 5.41) is 9.50. The van der Waals surface area contributed by atoms with Crippen LogP contribution >= 0.6 is 0 Å². The molecule has 2 atom stereocenters. The van der Waals surface area contributed by atoms with Crippen molar-refractivity contribution in [1.82, 2.24) is 0 Å². The van der Waals surface area contributed by atoms with E-state index in [1.54, 1.807) is 13.2 Å². The minimum Gasteiger partial charge on any atom is -0.497 e. The maximum Gasteiger partial charge on any atom is 0.150 e. The van der Waals surface area contributed by atoms with E-state index in [1.807, 2.05) is 18.2 Å². The number of aliphatic hydroxyl groups excluding tert-OH is 1. The van der Waals surface area contributed by atoms with Crippen molar-refractivity contribution in [3.63, 3.8) is 0 Å². The first-order valence-corrected chi connectivity index (χ1v) is 4.86. The van der Waals surface area contributed by atoms with Crippen molar-refractivity contribution in [2.45, 2.75) is 12.2 Å². The van der Waals surface area contributed by atoms with Gasteiger partial charge < -0.3 is 19.3 Å². The van der Waals surface area contributed by atoms with Crippen LogP contribution in [0.3, 0.4) is 0 Å². The molecule has 1 heterocycles. The van der Waals surface area contributed by atoms with Crippen molar-refractivity contribution in [3.05, 3.63) is 24.3 Å². The Hall–Kier alpha value is -1.26. The van der Waals surface area contributed by atoms with E-state index in [0.717, 1.165) is 5.75 Å². The number of methoxy groups -OCH3 is 1. The molecule has 1 aromatic carbocycles. The Balaban J connectivity index is 2.03. The molecule has 1 aromatic rings. The predicted molar refractivity (Wildman–Crippen MR) is 54.2 cm³/mol. The van der Waals surface area contributed by atoms with Crippen LogP contribution in [0.1, 0.15) is 0 Å². The quantitative estimate of drug-likeness (QED) is 0.803. The molecular formula is C11H14O4. The van der Waals surface area contributed by atoms with Crippen LogP contribution in [-0.2, 0) is 4.74 Å². The Kier molecular flexibility index (Phi) is 3.08. The average molecular weight is 210 g/mol. The Morgan fingerprint density at radius 2 is 2.13 bits per heavy atom. The van der Waals surface area contributed by atoms with E-state index in [2.05, 4.69) is 0 Å². The lowest BCUT2D eigenvalue weighted by molar-refractivity contribution is 0.0732. The van der Waals surface area contributed by atoms with Gasteiger partial charge in [0.2, 0.25) is 0 Å². The van der Waals surface area contributed by atoms with Gasteiger partial charge in [-0.15, -0.1) is 0 Å². The van der Waals surface area contributed by atoms with E-state index < -0.39 is 6.10 Å². The molecule has 2 rings (SSSR count). The first-order chi connectivity index (χ1) is 7.29. The molecule has 0 amide bonds. The topological polar surface area (TPSA) is 47.9 Å². The monoisotopic (exact) mass is 210 g/mol. The Labute approximate surface area is 88.4 Å². The van der Waals surface area contributed by atoms with Crippen molar-refractivity contribution < 1.29 is 19.3 Å². The van der Waals surface area contributed by atoms with Crippen LogP contribution in [0, 0.1) is 0 Å². The van der Waals surface area contributed by atoms with Gasteiger partial charge >= 0.3 is 0 Å². The molecule has 1 saturated heterocycles. The highest BCUT2D eigenvalue weighted by Crippen LogP contribution is 2.22. The SMILES string of the molecule is COc1cccc(O[C@@H]2COC[C@H]2O)c1. The summed E-state index contributed by atoms with van der Waals surface area (Å²) in [5.41, 5.74) is 0. The first-order valence-electron chi connectivity index (χ1n) is 4.86. The molecule has 15 heavy (non-hydrogen) atoms. The van der Waals surface area contributed by atoms with Crippen LogP contribution in [0.15, 0.2) is 24.3 Å². The lowest BCUT2D eigenvalue weighted by Gasteiger charge is -2.15. The molecule has 1 N–H and O–H groups in total. The number of hydrogen-bond acceptors (Lipinski definition) is 4. The third-order valence-electron chi connectivity index (χ3n) is 2.33. The highest BCUT2D eigenvalue weighted by Gasteiger charge is 2.27. The van der Waals surface area contributed by atoms with Crippen molar-refractivity contribution in [2.75, 3.05) is 20.3 Å². The number of hydrogen-bond donors (Lipinski definition) is 1. The zero-order valence-electron chi connectivity index (χ0n) is 8.55. The molecule has 0 spiro atoms. The lowest BCUT2D eigenvalue weighted by Crippen LogP contribution is -2.29. The van der Waals surface area contributed by atoms with E-state index >= 15 is 0 Å². The standard InChI is InChI=1S/C11H14O4/c1-13-8-3-2-4-9(5-8)15-11-7-14-6-10(11)12/h2-5,10-12H,6-7H2,1H3/t10-,11-/m1/s1. The fraction of sp³-hybridized carbons (Fsp3) is 0.455. The van der Waals surface area contributed by atoms with Crippen molar-refractivity contribution in [2.24, 2.45) is 0 Å². The van der Waals surface area contributed by atoms with Gasteiger partial charge in [-0.2, -0.15) is 0 Å². The Morgan fingerprint density at radius 1 is 1.33 bits per heavy atom. The maximum atomic E-state index is 9.50. The van der Waals surface area contributed by atoms with E-state index in [-0.39, 0.29) is 6.10 Å². The molecular weight excluding hydrogens is 196 g/mol. The van der Waals surface area contributed by atoms with E-state index in [9.17, 15) is 5.11 Å². The zero-order chi connectivity index (χ0) is 10.7. The molecule has 0 bridgehead atoms. The third-order valence-corrected chi connectivity index (χ3v) is 2.33. The molecule has 0 unspecified atom stereocenters. The molecule has 1 aliphatic rings. The van der Waals surface area contributed by atoms with Crippen molar-refractivity contribution in [1.29, 1.82) is 0 Å². The molecule has 4 nitrogen and oxygen atoms in total. The van der Waals surface area contributed by atoms with Crippen LogP contribution in [0.4, 0.5) is 0 Å². The molecule has 1 aliphatic heterocycles. The molecule has 82 valence electrons. The van der Waals surface area contributed by atoms with Gasteiger partial charge in [0.05, 0.1) is 20.3 Å². The minimum absolute atomic E-state index is 0.280. The van der Waals surface area contributed by atoms with Gasteiger partial charge in [-0.3, -0.25) is 0 Å². The highest BCUT2D eigenvalue weighted by atomic mass is 16.6. The van der Waals surface area contributed by atoms with Crippen LogP contribution < -0.4 is 9.47 Å². The summed E-state index contributed by atoms with van der Waals surface area (Å²) in [6, 6.07) is 7.30. The second-order valence-electron chi connectivity index (χ2n) is 3.44. The summed E-state index contributed by atoms with van der Waals surface area (Å²) in [7, 11) is 1.60. The fourth-order valence-electron chi connectivity index (χ4n) is 1.49. The van der Waals surface area contributed by atoms with E-state index in [0.29, 0.717) is 19.0 Å². The van der Waals surface area contributed by atoms with Crippen LogP contribution in [-0.4, -0.2) is 37.6 Å². The highest BCUT2D eigenvalue weighted by molar-refractivity contribution is 5.33. The minimum atomic E-state index is -0.545. The summed E-state index contributed by atoms with van der Waals surface area (Å²) in [6.45, 7) is 0.771. The van der Waals surface area contributed by atoms with Crippen LogP contribution in [0.25, 0.3) is 0 Å². The molecule has 0 aromatic heterocycles. The van der Waals surface area contributed by atoms with E-state index in [1.165, 1.54) is 0 Å². The molecule has 0 aliphatic carbocycles. The number of ether oxygens (including phenoxy) is 3. The van der Waals surface area contributed by atoms with Crippen LogP contribution in [0.2, 0.25) is 0 Å². The van der Waals surface area contributed by atoms with Crippen LogP contribution in [0.5, 0.6) is 11.5 Å². The van der Waals surface area contributed by atoms with Gasteiger partial charge in [-0.1, -0.05) is 6.07 Å². The largest absolute Gasteiger partial charge is 0.497 e. The van der Waals surface area contributed by atoms with Crippen molar-refractivity contribution in [3.8, 4) is 11.5 Å². The second-order valence-corrected chi connectivity index (χ2v) is 3.44. The maximum absolute atomic E-state index is 9.50. The lowest BCUT2D eigenvalue weighted by atomic mass is 10.2. The van der Waals surface area contributed by atoms with Gasteiger partial charge in [0.1, 0.15) is 23.7 Å². The Morgan fingerprint density at radius 3 is 2.80 bits per heavy atom.